The van der Waals surface area contributed by atoms with Crippen LogP contribution in [0.25, 0.3) is 0 Å². The molecule has 1 aliphatic rings. The van der Waals surface area contributed by atoms with Gasteiger partial charge in [-0.05, 0) is 11.6 Å². The summed E-state index contributed by atoms with van der Waals surface area (Å²) in [5, 5.41) is 1.02. The second kappa shape index (κ2) is 5.37. The number of para-hydroxylation sites is 1. The van der Waals surface area contributed by atoms with Crippen LogP contribution in [-0.2, 0) is 26.3 Å². The number of hydrogen-bond donors (Lipinski definition) is 0. The first-order valence-corrected chi connectivity index (χ1v) is 7.59. The molecule has 6 heteroatoms. The van der Waals surface area contributed by atoms with Crippen LogP contribution < -0.4 is 11.2 Å². The summed E-state index contributed by atoms with van der Waals surface area (Å²) in [6.45, 7) is 0. The summed E-state index contributed by atoms with van der Waals surface area (Å²) in [5.74, 6) is 0.564. The first-order valence-electron chi connectivity index (χ1n) is 6.60. The second-order valence-corrected chi connectivity index (χ2v) is 6.02. The molecule has 0 amide bonds. The lowest BCUT2D eigenvalue weighted by atomic mass is 10.2. The summed E-state index contributed by atoms with van der Waals surface area (Å²) < 4.78 is 2.62. The maximum absolute atomic E-state index is 11.9. The summed E-state index contributed by atoms with van der Waals surface area (Å²) in [5.41, 5.74) is 2.38. The van der Waals surface area contributed by atoms with Gasteiger partial charge in [0.15, 0.2) is 0 Å². The molecule has 3 rings (SSSR count). The van der Waals surface area contributed by atoms with Gasteiger partial charge in [-0.3, -0.25) is 13.9 Å². The molecule has 0 spiro atoms. The highest BCUT2D eigenvalue weighted by Gasteiger charge is 2.15. The standard InChI is InChI=1S/C15H15N3O2S/c1-17-11(8-14(19)18(2)15(17)20)9-21-13-7-10-5-3-4-6-12(10)16-13/h3-6,8H,7,9H2,1-2H3. The molecule has 5 nitrogen and oxygen atoms in total. The third-order valence-corrected chi connectivity index (χ3v) is 4.60. The van der Waals surface area contributed by atoms with Crippen molar-refractivity contribution >= 4 is 22.5 Å². The van der Waals surface area contributed by atoms with Gasteiger partial charge < -0.3 is 0 Å². The molecule has 2 aromatic rings. The number of hydrogen-bond acceptors (Lipinski definition) is 4. The number of benzene rings is 1. The lowest BCUT2D eigenvalue weighted by Crippen LogP contribution is -2.37. The molecule has 0 unspecified atom stereocenters. The molecule has 108 valence electrons. The fraction of sp³-hybridized carbons (Fsp3) is 0.267. The van der Waals surface area contributed by atoms with E-state index in [0.717, 1.165) is 21.7 Å². The Morgan fingerprint density at radius 2 is 1.95 bits per heavy atom. The van der Waals surface area contributed by atoms with E-state index in [0.29, 0.717) is 11.4 Å². The van der Waals surface area contributed by atoms with Crippen molar-refractivity contribution in [2.24, 2.45) is 19.1 Å². The average molecular weight is 301 g/mol. The predicted octanol–water partition coefficient (Wildman–Crippen LogP) is 1.60. The van der Waals surface area contributed by atoms with E-state index in [2.05, 4.69) is 11.1 Å². The summed E-state index contributed by atoms with van der Waals surface area (Å²) in [7, 11) is 3.17. The number of rotatable bonds is 2. The van der Waals surface area contributed by atoms with E-state index in [1.54, 1.807) is 18.8 Å². The average Bonchev–Trinajstić information content (AvgIpc) is 2.90. The summed E-state index contributed by atoms with van der Waals surface area (Å²) in [4.78, 5) is 28.1. The molecule has 0 atom stereocenters. The third kappa shape index (κ3) is 2.58. The number of nitrogens with zero attached hydrogens (tertiary/aromatic N) is 3. The zero-order valence-electron chi connectivity index (χ0n) is 11.9. The van der Waals surface area contributed by atoms with E-state index in [-0.39, 0.29) is 11.2 Å². The minimum Gasteiger partial charge on any atom is -0.300 e. The van der Waals surface area contributed by atoms with Crippen LogP contribution >= 0.6 is 11.8 Å². The van der Waals surface area contributed by atoms with Gasteiger partial charge in [0.1, 0.15) is 0 Å². The normalized spacial score (nSPS) is 13.1. The van der Waals surface area contributed by atoms with Crippen molar-refractivity contribution in [1.29, 1.82) is 0 Å². The van der Waals surface area contributed by atoms with E-state index in [1.807, 2.05) is 18.2 Å². The molecule has 0 bridgehead atoms. The van der Waals surface area contributed by atoms with Crippen molar-refractivity contribution in [3.63, 3.8) is 0 Å². The predicted molar refractivity (Wildman–Crippen MR) is 85.5 cm³/mol. The van der Waals surface area contributed by atoms with Crippen molar-refractivity contribution in [3.05, 3.63) is 62.4 Å². The Hall–Kier alpha value is -2.08. The van der Waals surface area contributed by atoms with Gasteiger partial charge in [-0.2, -0.15) is 0 Å². The van der Waals surface area contributed by atoms with Gasteiger partial charge in [0.25, 0.3) is 5.56 Å². The highest BCUT2D eigenvalue weighted by Crippen LogP contribution is 2.30. The summed E-state index contributed by atoms with van der Waals surface area (Å²) >= 11 is 1.57. The maximum Gasteiger partial charge on any atom is 0.330 e. The monoisotopic (exact) mass is 301 g/mol. The molecule has 1 aromatic heterocycles. The first kappa shape index (κ1) is 13.9. The maximum atomic E-state index is 11.9. The fourth-order valence-electron chi connectivity index (χ4n) is 2.26. The van der Waals surface area contributed by atoms with Gasteiger partial charge in [0.05, 0.1) is 10.7 Å². The molecule has 1 aromatic carbocycles. The second-order valence-electron chi connectivity index (χ2n) is 4.97. The van der Waals surface area contributed by atoms with Gasteiger partial charge in [-0.15, -0.1) is 11.8 Å². The molecule has 1 aliphatic heterocycles. The molecule has 0 radical (unpaired) electrons. The topological polar surface area (TPSA) is 56.4 Å². The molecule has 2 heterocycles. The van der Waals surface area contributed by atoms with Crippen LogP contribution in [0.4, 0.5) is 5.69 Å². The SMILES string of the molecule is Cn1c(CSC2=Nc3ccccc3C2)cc(=O)n(C)c1=O. The van der Waals surface area contributed by atoms with E-state index < -0.39 is 0 Å². The van der Waals surface area contributed by atoms with Crippen LogP contribution in [-0.4, -0.2) is 14.2 Å². The number of aromatic nitrogens is 2. The Balaban J connectivity index is 1.79. The molecule has 0 N–H and O–H groups in total. The lowest BCUT2D eigenvalue weighted by Gasteiger charge is -2.08. The largest absolute Gasteiger partial charge is 0.330 e. The van der Waals surface area contributed by atoms with Gasteiger partial charge in [-0.25, -0.2) is 9.79 Å². The van der Waals surface area contributed by atoms with Crippen LogP contribution in [0, 0.1) is 0 Å². The molecular weight excluding hydrogens is 286 g/mol. The van der Waals surface area contributed by atoms with E-state index in [9.17, 15) is 9.59 Å². The van der Waals surface area contributed by atoms with E-state index >= 15 is 0 Å². The Morgan fingerprint density at radius 1 is 1.19 bits per heavy atom. The van der Waals surface area contributed by atoms with Crippen LogP contribution in [0.1, 0.15) is 11.3 Å². The Labute approximate surface area is 126 Å². The molecular formula is C15H15N3O2S. The van der Waals surface area contributed by atoms with Crippen molar-refractivity contribution in [2.75, 3.05) is 0 Å². The van der Waals surface area contributed by atoms with Crippen LogP contribution in [0.15, 0.2) is 44.9 Å². The molecule has 0 aliphatic carbocycles. The van der Waals surface area contributed by atoms with Crippen LogP contribution in [0.5, 0.6) is 0 Å². The zero-order chi connectivity index (χ0) is 15.0. The smallest absolute Gasteiger partial charge is 0.300 e. The quantitative estimate of drug-likeness (QED) is 0.846. The molecule has 0 saturated heterocycles. The highest BCUT2D eigenvalue weighted by atomic mass is 32.2. The van der Waals surface area contributed by atoms with Gasteiger partial charge >= 0.3 is 5.69 Å². The molecule has 0 fully saturated rings. The lowest BCUT2D eigenvalue weighted by molar-refractivity contribution is 0.665. The van der Waals surface area contributed by atoms with E-state index in [1.165, 1.54) is 23.2 Å². The first-order chi connectivity index (χ1) is 10.1. The van der Waals surface area contributed by atoms with Crippen molar-refractivity contribution in [1.82, 2.24) is 9.13 Å². The Morgan fingerprint density at radius 3 is 2.71 bits per heavy atom. The summed E-state index contributed by atoms with van der Waals surface area (Å²) in [6, 6.07) is 9.56. The third-order valence-electron chi connectivity index (χ3n) is 3.59. The van der Waals surface area contributed by atoms with Crippen molar-refractivity contribution in [2.45, 2.75) is 12.2 Å². The van der Waals surface area contributed by atoms with Crippen LogP contribution in [0.3, 0.4) is 0 Å². The number of aliphatic imine (C=N–C) groups is 1. The summed E-state index contributed by atoms with van der Waals surface area (Å²) in [6.07, 6.45) is 0.819. The minimum atomic E-state index is -0.297. The fourth-order valence-corrected chi connectivity index (χ4v) is 3.28. The Kier molecular flexibility index (Phi) is 3.55. The minimum absolute atomic E-state index is 0.273. The Bertz CT molecular complexity index is 849. The van der Waals surface area contributed by atoms with Crippen molar-refractivity contribution in [3.8, 4) is 0 Å². The van der Waals surface area contributed by atoms with E-state index in [4.69, 9.17) is 0 Å². The van der Waals surface area contributed by atoms with Crippen molar-refractivity contribution < 1.29 is 0 Å². The zero-order valence-corrected chi connectivity index (χ0v) is 12.7. The number of fused-ring (bicyclic) bond motifs is 1. The molecule has 0 saturated carbocycles. The molecule has 21 heavy (non-hydrogen) atoms. The van der Waals surface area contributed by atoms with Gasteiger partial charge in [-0.1, -0.05) is 18.2 Å². The highest BCUT2D eigenvalue weighted by molar-refractivity contribution is 8.13. The number of thioether (sulfide) groups is 1. The van der Waals surface area contributed by atoms with Gasteiger partial charge in [0, 0.05) is 38.0 Å². The van der Waals surface area contributed by atoms with Crippen LogP contribution in [0.2, 0.25) is 0 Å². The van der Waals surface area contributed by atoms with Gasteiger partial charge in [0.2, 0.25) is 0 Å².